The van der Waals surface area contributed by atoms with E-state index in [0.717, 1.165) is 10.9 Å². The van der Waals surface area contributed by atoms with Crippen LogP contribution in [0.3, 0.4) is 0 Å². The van der Waals surface area contributed by atoms with E-state index >= 15 is 0 Å². The molecule has 24 heavy (non-hydrogen) atoms. The van der Waals surface area contributed by atoms with Gasteiger partial charge in [0.1, 0.15) is 12.4 Å². The van der Waals surface area contributed by atoms with Crippen molar-refractivity contribution in [2.24, 2.45) is 0 Å². The number of hydrogen-bond acceptors (Lipinski definition) is 5. The lowest BCUT2D eigenvalue weighted by molar-refractivity contribution is -0.152. The maximum absolute atomic E-state index is 12.1. The predicted molar refractivity (Wildman–Crippen MR) is 92.9 cm³/mol. The summed E-state index contributed by atoms with van der Waals surface area (Å²) in [7, 11) is 0. The van der Waals surface area contributed by atoms with Gasteiger partial charge in [-0.25, -0.2) is 4.79 Å². The Balaban J connectivity index is 1.59. The minimum absolute atomic E-state index is 0.226. The van der Waals surface area contributed by atoms with Gasteiger partial charge in [0.05, 0.1) is 11.6 Å². The number of thiophene rings is 1. The molecule has 0 fully saturated rings. The molecular weight excluding hydrogens is 322 g/mol. The zero-order valence-corrected chi connectivity index (χ0v) is 13.9. The molecule has 0 amide bonds. The summed E-state index contributed by atoms with van der Waals surface area (Å²) in [5.74, 6) is 0.106. The second kappa shape index (κ2) is 7.16. The summed E-state index contributed by atoms with van der Waals surface area (Å²) >= 11 is 1.63. The summed E-state index contributed by atoms with van der Waals surface area (Å²) in [4.78, 5) is 12.1. The molecule has 4 nitrogen and oxygen atoms in total. The molecule has 0 aliphatic rings. The van der Waals surface area contributed by atoms with E-state index in [2.05, 4.69) is 0 Å². The lowest BCUT2D eigenvalue weighted by Gasteiger charge is -2.14. The summed E-state index contributed by atoms with van der Waals surface area (Å²) in [6.07, 6.45) is -0.720. The first-order valence-corrected chi connectivity index (χ1v) is 8.34. The summed E-state index contributed by atoms with van der Waals surface area (Å²) in [6.45, 7) is 1.87. The van der Waals surface area contributed by atoms with Crippen LogP contribution in [0.1, 0.15) is 18.1 Å². The molecule has 0 saturated carbocycles. The summed E-state index contributed by atoms with van der Waals surface area (Å²) < 4.78 is 12.1. The number of esters is 1. The van der Waals surface area contributed by atoms with E-state index in [1.807, 2.05) is 35.7 Å². The number of carbonyl (C=O) groups is 1. The number of benzene rings is 2. The van der Waals surface area contributed by atoms with E-state index in [4.69, 9.17) is 14.7 Å². The van der Waals surface area contributed by atoms with Crippen molar-refractivity contribution in [2.75, 3.05) is 0 Å². The first kappa shape index (κ1) is 16.0. The number of nitriles is 1. The average molecular weight is 337 g/mol. The highest BCUT2D eigenvalue weighted by molar-refractivity contribution is 7.17. The van der Waals surface area contributed by atoms with Gasteiger partial charge in [0.25, 0.3) is 0 Å². The Hall–Kier alpha value is -2.84. The van der Waals surface area contributed by atoms with Gasteiger partial charge in [0, 0.05) is 10.3 Å². The van der Waals surface area contributed by atoms with Gasteiger partial charge in [-0.1, -0.05) is 18.2 Å². The largest absolute Gasteiger partial charge is 0.479 e. The van der Waals surface area contributed by atoms with Crippen LogP contribution in [0.5, 0.6) is 5.75 Å². The van der Waals surface area contributed by atoms with E-state index < -0.39 is 12.1 Å². The maximum atomic E-state index is 12.1. The van der Waals surface area contributed by atoms with Crippen LogP contribution in [0.2, 0.25) is 0 Å². The molecule has 3 aromatic rings. The van der Waals surface area contributed by atoms with Crippen LogP contribution in [0.15, 0.2) is 53.9 Å². The van der Waals surface area contributed by atoms with Crippen LogP contribution in [0.25, 0.3) is 10.1 Å². The molecule has 1 heterocycles. The second-order valence-corrected chi connectivity index (χ2v) is 6.17. The average Bonchev–Trinajstić information content (AvgIpc) is 3.03. The topological polar surface area (TPSA) is 59.3 Å². The smallest absolute Gasteiger partial charge is 0.347 e. The van der Waals surface area contributed by atoms with Crippen molar-refractivity contribution < 1.29 is 14.3 Å². The SMILES string of the molecule is CC(Oc1ccc(C#N)cc1)C(=O)OCc1csc2ccccc12. The Labute approximate surface area is 143 Å². The van der Waals surface area contributed by atoms with Crippen LogP contribution < -0.4 is 4.74 Å². The highest BCUT2D eigenvalue weighted by Crippen LogP contribution is 2.26. The van der Waals surface area contributed by atoms with Crippen molar-refractivity contribution in [2.45, 2.75) is 19.6 Å². The molecule has 0 saturated heterocycles. The first-order valence-electron chi connectivity index (χ1n) is 7.46. The van der Waals surface area contributed by atoms with Crippen molar-refractivity contribution in [1.82, 2.24) is 0 Å². The van der Waals surface area contributed by atoms with Gasteiger partial charge >= 0.3 is 5.97 Å². The summed E-state index contributed by atoms with van der Waals surface area (Å²) in [6, 6.07) is 16.7. The van der Waals surface area contributed by atoms with Gasteiger partial charge in [-0.05, 0) is 48.0 Å². The zero-order valence-electron chi connectivity index (χ0n) is 13.1. The number of carbonyl (C=O) groups excluding carboxylic acids is 1. The standard InChI is InChI=1S/C19H15NO3S/c1-13(23-16-8-6-14(10-20)7-9-16)19(21)22-11-15-12-24-18-5-3-2-4-17(15)18/h2-9,12-13H,11H2,1H3. The molecule has 5 heteroatoms. The molecule has 1 unspecified atom stereocenters. The Morgan fingerprint density at radius 3 is 2.71 bits per heavy atom. The molecule has 0 N–H and O–H groups in total. The van der Waals surface area contributed by atoms with Crippen LogP contribution >= 0.6 is 11.3 Å². The number of rotatable bonds is 5. The fraction of sp³-hybridized carbons (Fsp3) is 0.158. The second-order valence-electron chi connectivity index (χ2n) is 5.26. The monoisotopic (exact) mass is 337 g/mol. The molecule has 0 aliphatic heterocycles. The maximum Gasteiger partial charge on any atom is 0.347 e. The summed E-state index contributed by atoms with van der Waals surface area (Å²) in [5, 5.41) is 11.9. The Morgan fingerprint density at radius 1 is 1.21 bits per heavy atom. The molecule has 120 valence electrons. The van der Waals surface area contributed by atoms with Crippen LogP contribution in [0, 0.1) is 11.3 Å². The fourth-order valence-corrected chi connectivity index (χ4v) is 3.22. The number of nitrogens with zero attached hydrogens (tertiary/aromatic N) is 1. The zero-order chi connectivity index (χ0) is 16.9. The van der Waals surface area contributed by atoms with E-state index in [1.165, 1.54) is 4.70 Å². The third-order valence-electron chi connectivity index (χ3n) is 3.56. The Morgan fingerprint density at radius 2 is 1.96 bits per heavy atom. The van der Waals surface area contributed by atoms with E-state index in [-0.39, 0.29) is 6.61 Å². The van der Waals surface area contributed by atoms with E-state index in [1.54, 1.807) is 42.5 Å². The molecule has 0 aliphatic carbocycles. The van der Waals surface area contributed by atoms with Gasteiger partial charge in [-0.3, -0.25) is 0 Å². The third-order valence-corrected chi connectivity index (χ3v) is 4.57. The van der Waals surface area contributed by atoms with Gasteiger partial charge in [0.15, 0.2) is 6.10 Å². The van der Waals surface area contributed by atoms with Crippen molar-refractivity contribution >= 4 is 27.4 Å². The number of hydrogen-bond donors (Lipinski definition) is 0. The highest BCUT2D eigenvalue weighted by Gasteiger charge is 2.17. The minimum atomic E-state index is -0.720. The van der Waals surface area contributed by atoms with Crippen LogP contribution in [-0.4, -0.2) is 12.1 Å². The van der Waals surface area contributed by atoms with E-state index in [9.17, 15) is 4.79 Å². The van der Waals surface area contributed by atoms with Crippen molar-refractivity contribution in [3.8, 4) is 11.8 Å². The molecule has 2 aromatic carbocycles. The highest BCUT2D eigenvalue weighted by atomic mass is 32.1. The van der Waals surface area contributed by atoms with Gasteiger partial charge in [-0.2, -0.15) is 5.26 Å². The Kier molecular flexibility index (Phi) is 4.78. The van der Waals surface area contributed by atoms with Crippen molar-refractivity contribution in [3.05, 3.63) is 65.0 Å². The molecule has 0 spiro atoms. The fourth-order valence-electron chi connectivity index (χ4n) is 2.27. The van der Waals surface area contributed by atoms with Crippen molar-refractivity contribution in [1.29, 1.82) is 5.26 Å². The van der Waals surface area contributed by atoms with Crippen LogP contribution in [-0.2, 0) is 16.1 Å². The molecule has 3 rings (SSSR count). The molecular formula is C19H15NO3S. The lowest BCUT2D eigenvalue weighted by atomic mass is 10.2. The Bertz CT molecular complexity index is 893. The van der Waals surface area contributed by atoms with Gasteiger partial charge in [0.2, 0.25) is 0 Å². The molecule has 1 aromatic heterocycles. The quantitative estimate of drug-likeness (QED) is 0.652. The number of fused-ring (bicyclic) bond motifs is 1. The molecule has 0 radical (unpaired) electrons. The lowest BCUT2D eigenvalue weighted by Crippen LogP contribution is -2.25. The van der Waals surface area contributed by atoms with Gasteiger partial charge in [-0.15, -0.1) is 11.3 Å². The minimum Gasteiger partial charge on any atom is -0.479 e. The molecule has 0 bridgehead atoms. The normalized spacial score (nSPS) is 11.7. The first-order chi connectivity index (χ1) is 11.7. The van der Waals surface area contributed by atoms with E-state index in [0.29, 0.717) is 11.3 Å². The molecule has 1 atom stereocenters. The third kappa shape index (κ3) is 3.55. The van der Waals surface area contributed by atoms with Gasteiger partial charge < -0.3 is 9.47 Å². The van der Waals surface area contributed by atoms with Crippen LogP contribution in [0.4, 0.5) is 0 Å². The predicted octanol–water partition coefficient (Wildman–Crippen LogP) is 4.28. The van der Waals surface area contributed by atoms with Crippen molar-refractivity contribution in [3.63, 3.8) is 0 Å². The number of ether oxygens (including phenoxy) is 2. The summed E-state index contributed by atoms with van der Waals surface area (Å²) in [5.41, 5.74) is 1.54.